The number of nitrogens with zero attached hydrogens (tertiary/aromatic N) is 5. The summed E-state index contributed by atoms with van der Waals surface area (Å²) in [4.78, 5) is 22.5. The van der Waals surface area contributed by atoms with E-state index in [9.17, 15) is 31.1 Å². The fraction of sp³-hybridized carbons (Fsp3) is 0.280. The van der Waals surface area contributed by atoms with E-state index in [1.807, 2.05) is 0 Å². The third kappa shape index (κ3) is 5.11. The van der Waals surface area contributed by atoms with Crippen molar-refractivity contribution >= 4 is 17.2 Å². The van der Waals surface area contributed by atoms with Crippen LogP contribution in [0.15, 0.2) is 42.9 Å². The summed E-state index contributed by atoms with van der Waals surface area (Å²) in [5, 5.41) is 6.45. The predicted octanol–water partition coefficient (Wildman–Crippen LogP) is 3.63. The number of benzene rings is 1. The van der Waals surface area contributed by atoms with Crippen LogP contribution >= 0.6 is 0 Å². The Morgan fingerprint density at radius 2 is 1.93 bits per heavy atom. The van der Waals surface area contributed by atoms with Crippen molar-refractivity contribution in [2.45, 2.75) is 24.9 Å². The van der Waals surface area contributed by atoms with Crippen molar-refractivity contribution < 1.29 is 35.9 Å². The predicted molar refractivity (Wildman–Crippen MR) is 130 cm³/mol. The van der Waals surface area contributed by atoms with Crippen LogP contribution in [0.3, 0.4) is 0 Å². The standard InChI is InChI=1S/C25H21F6N7O2/c1-40-24-14(23(39)36-19-10-37(9-18(19)28)8-12-2-3-16(26)17(27)4-12)5-13(7-33-24)20-6-15(25(29,30)31)21-22(32)34-11-35-38(20)21/h2-7,11,18-19H,8-10H2,1H3,(H,36,39)(H2,32,34,35). The van der Waals surface area contributed by atoms with E-state index in [1.54, 1.807) is 4.90 Å². The van der Waals surface area contributed by atoms with Crippen LogP contribution in [-0.2, 0) is 12.7 Å². The van der Waals surface area contributed by atoms with Gasteiger partial charge in [0.05, 0.1) is 24.4 Å². The quantitative estimate of drug-likeness (QED) is 0.344. The number of alkyl halides is 4. The number of pyridine rings is 1. The van der Waals surface area contributed by atoms with E-state index in [0.29, 0.717) is 5.56 Å². The Labute approximate surface area is 222 Å². The third-order valence-electron chi connectivity index (χ3n) is 6.50. The molecule has 0 radical (unpaired) electrons. The number of hydrogen-bond donors (Lipinski definition) is 2. The Bertz CT molecular complexity index is 1590. The molecule has 15 heteroatoms. The molecule has 5 rings (SSSR count). The summed E-state index contributed by atoms with van der Waals surface area (Å²) in [6.45, 7) is 0.116. The first-order chi connectivity index (χ1) is 19.0. The number of fused-ring (bicyclic) bond motifs is 1. The average Bonchev–Trinajstić information content (AvgIpc) is 3.47. The Kier molecular flexibility index (Phi) is 6.99. The number of halogens is 6. The average molecular weight is 565 g/mol. The minimum Gasteiger partial charge on any atom is -0.480 e. The van der Waals surface area contributed by atoms with Gasteiger partial charge in [-0.05, 0) is 29.8 Å². The molecule has 40 heavy (non-hydrogen) atoms. The molecule has 3 aromatic heterocycles. The molecule has 0 bridgehead atoms. The van der Waals surface area contributed by atoms with Gasteiger partial charge >= 0.3 is 6.18 Å². The molecule has 1 saturated heterocycles. The summed E-state index contributed by atoms with van der Waals surface area (Å²) >= 11 is 0. The van der Waals surface area contributed by atoms with Gasteiger partial charge in [0.25, 0.3) is 5.91 Å². The molecule has 3 N–H and O–H groups in total. The molecule has 2 unspecified atom stereocenters. The Balaban J connectivity index is 1.41. The van der Waals surface area contributed by atoms with Crippen LogP contribution in [0.2, 0.25) is 0 Å². The Hall–Kier alpha value is -4.40. The van der Waals surface area contributed by atoms with Crippen molar-refractivity contribution in [2.24, 2.45) is 0 Å². The number of ether oxygens (including phenoxy) is 1. The molecule has 4 heterocycles. The zero-order valence-electron chi connectivity index (χ0n) is 20.7. The first kappa shape index (κ1) is 27.2. The molecule has 2 atom stereocenters. The van der Waals surface area contributed by atoms with Gasteiger partial charge in [0.15, 0.2) is 17.5 Å². The number of anilines is 1. The summed E-state index contributed by atoms with van der Waals surface area (Å²) in [7, 11) is 1.25. The summed E-state index contributed by atoms with van der Waals surface area (Å²) in [6.07, 6.45) is -4.07. The van der Waals surface area contributed by atoms with Crippen LogP contribution in [0.25, 0.3) is 16.8 Å². The first-order valence-electron chi connectivity index (χ1n) is 11.8. The number of methoxy groups -OCH3 is 1. The Morgan fingerprint density at radius 1 is 1.15 bits per heavy atom. The van der Waals surface area contributed by atoms with Gasteiger partial charge in [0, 0.05) is 31.4 Å². The molecule has 1 aliphatic rings. The number of carbonyl (C=O) groups excluding carboxylic acids is 1. The van der Waals surface area contributed by atoms with E-state index >= 15 is 0 Å². The number of nitrogens with one attached hydrogen (secondary N) is 1. The van der Waals surface area contributed by atoms with Crippen molar-refractivity contribution in [2.75, 3.05) is 25.9 Å². The number of nitrogens with two attached hydrogens (primary N) is 1. The number of likely N-dealkylation sites (tertiary alicyclic amines) is 1. The van der Waals surface area contributed by atoms with E-state index in [0.717, 1.165) is 29.0 Å². The molecular weight excluding hydrogens is 544 g/mol. The minimum absolute atomic E-state index is 0.0653. The fourth-order valence-corrected chi connectivity index (χ4v) is 4.66. The van der Waals surface area contributed by atoms with E-state index < -0.39 is 52.8 Å². The van der Waals surface area contributed by atoms with Crippen LogP contribution in [0, 0.1) is 11.6 Å². The smallest absolute Gasteiger partial charge is 0.418 e. The van der Waals surface area contributed by atoms with Crippen LogP contribution in [-0.4, -0.2) is 62.8 Å². The van der Waals surface area contributed by atoms with E-state index in [2.05, 4.69) is 20.4 Å². The second kappa shape index (κ2) is 10.3. The molecule has 1 aromatic carbocycles. The summed E-state index contributed by atoms with van der Waals surface area (Å²) in [5.41, 5.74) is 4.46. The number of rotatable bonds is 6. The lowest BCUT2D eigenvalue weighted by atomic mass is 10.1. The summed E-state index contributed by atoms with van der Waals surface area (Å²) < 4.78 is 88.9. The molecule has 1 amide bonds. The number of aromatic nitrogens is 4. The van der Waals surface area contributed by atoms with Gasteiger partial charge in [0.1, 0.15) is 23.6 Å². The lowest BCUT2D eigenvalue weighted by molar-refractivity contribution is -0.136. The second-order valence-corrected chi connectivity index (χ2v) is 9.17. The van der Waals surface area contributed by atoms with Crippen LogP contribution < -0.4 is 15.8 Å². The zero-order valence-corrected chi connectivity index (χ0v) is 20.7. The second-order valence-electron chi connectivity index (χ2n) is 9.17. The summed E-state index contributed by atoms with van der Waals surface area (Å²) in [6, 6.07) is 4.48. The lowest BCUT2D eigenvalue weighted by Gasteiger charge is -2.17. The number of nitrogen functional groups attached to an aromatic ring is 1. The van der Waals surface area contributed by atoms with Crippen molar-refractivity contribution in [1.82, 2.24) is 29.8 Å². The maximum atomic E-state index is 14.8. The molecule has 0 saturated carbocycles. The van der Waals surface area contributed by atoms with Gasteiger partial charge in [-0.3, -0.25) is 9.69 Å². The lowest BCUT2D eigenvalue weighted by Crippen LogP contribution is -2.41. The van der Waals surface area contributed by atoms with E-state index in [4.69, 9.17) is 10.5 Å². The van der Waals surface area contributed by atoms with Crippen LogP contribution in [0.5, 0.6) is 5.88 Å². The highest BCUT2D eigenvalue weighted by atomic mass is 19.4. The molecule has 1 fully saturated rings. The van der Waals surface area contributed by atoms with Gasteiger partial charge in [0.2, 0.25) is 5.88 Å². The maximum Gasteiger partial charge on any atom is 0.418 e. The van der Waals surface area contributed by atoms with Gasteiger partial charge in [-0.2, -0.15) is 18.3 Å². The van der Waals surface area contributed by atoms with Crippen LogP contribution in [0.1, 0.15) is 21.5 Å². The van der Waals surface area contributed by atoms with Crippen molar-refractivity contribution in [1.29, 1.82) is 0 Å². The molecule has 0 spiro atoms. The number of hydrogen-bond acceptors (Lipinski definition) is 7. The molecule has 9 nitrogen and oxygen atoms in total. The molecule has 1 aliphatic heterocycles. The summed E-state index contributed by atoms with van der Waals surface area (Å²) in [5.74, 6) is -3.33. The molecule has 210 valence electrons. The van der Waals surface area contributed by atoms with Gasteiger partial charge in [-0.15, -0.1) is 0 Å². The Morgan fingerprint density at radius 3 is 2.62 bits per heavy atom. The minimum atomic E-state index is -4.77. The van der Waals surface area contributed by atoms with Gasteiger partial charge < -0.3 is 15.8 Å². The highest BCUT2D eigenvalue weighted by molar-refractivity contribution is 5.98. The van der Waals surface area contributed by atoms with Crippen molar-refractivity contribution in [3.8, 4) is 17.1 Å². The number of carbonyl (C=O) groups is 1. The highest BCUT2D eigenvalue weighted by Crippen LogP contribution is 2.39. The van der Waals surface area contributed by atoms with Crippen molar-refractivity contribution in [3.05, 3.63) is 71.2 Å². The maximum absolute atomic E-state index is 14.8. The normalized spacial score (nSPS) is 17.9. The largest absolute Gasteiger partial charge is 0.480 e. The SMILES string of the molecule is COc1ncc(-c2cc(C(F)(F)F)c3c(N)ncnn23)cc1C(=O)NC1CN(Cc2ccc(F)c(F)c2)CC1F. The molecular formula is C25H21F6N7O2. The first-order valence-corrected chi connectivity index (χ1v) is 11.8. The molecule has 4 aromatic rings. The topological polar surface area (TPSA) is 111 Å². The molecule has 0 aliphatic carbocycles. The van der Waals surface area contributed by atoms with E-state index in [1.165, 1.54) is 25.4 Å². The number of amides is 1. The highest BCUT2D eigenvalue weighted by Gasteiger charge is 2.37. The van der Waals surface area contributed by atoms with Crippen molar-refractivity contribution in [3.63, 3.8) is 0 Å². The van der Waals surface area contributed by atoms with Gasteiger partial charge in [-0.1, -0.05) is 6.07 Å². The zero-order chi connectivity index (χ0) is 28.8. The fourth-order valence-electron chi connectivity index (χ4n) is 4.66. The van der Waals surface area contributed by atoms with Crippen LogP contribution in [0.4, 0.5) is 32.2 Å². The third-order valence-corrected chi connectivity index (χ3v) is 6.50. The van der Waals surface area contributed by atoms with E-state index in [-0.39, 0.29) is 42.3 Å². The monoisotopic (exact) mass is 565 g/mol. The van der Waals surface area contributed by atoms with Gasteiger partial charge in [-0.25, -0.2) is 27.7 Å².